The van der Waals surface area contributed by atoms with Crippen molar-refractivity contribution in [3.8, 4) is 11.3 Å². The molecule has 2 aromatic rings. The van der Waals surface area contributed by atoms with Crippen LogP contribution < -0.4 is 10.6 Å². The molecule has 0 unspecified atom stereocenters. The minimum atomic E-state index is -0.530. The maximum atomic E-state index is 12.8. The fraction of sp³-hybridized carbons (Fsp3) is 0.471. The maximum Gasteiger partial charge on any atom is 0.354 e. The number of carbonyl (C=O) groups excluding carboxylic acids is 2. The molecule has 0 aromatic carbocycles. The van der Waals surface area contributed by atoms with Crippen LogP contribution in [0.15, 0.2) is 17.6 Å². The molecule has 1 aliphatic rings. The number of ether oxygens (including phenoxy) is 2. The molecule has 3 N–H and O–H groups in total. The van der Waals surface area contributed by atoms with Crippen LogP contribution in [0.5, 0.6) is 0 Å². The molecule has 0 aliphatic carbocycles. The average molecular weight is 378 g/mol. The molecule has 9 heteroatoms. The molecule has 0 spiro atoms. The number of carbonyl (C=O) groups is 2. The molecule has 0 atom stereocenters. The van der Waals surface area contributed by atoms with Crippen LogP contribution in [0.4, 0.5) is 5.13 Å². The zero-order valence-corrected chi connectivity index (χ0v) is 15.6. The molecule has 1 amide bonds. The number of amides is 1. The van der Waals surface area contributed by atoms with Gasteiger partial charge in [-0.3, -0.25) is 4.79 Å². The van der Waals surface area contributed by atoms with Gasteiger partial charge in [-0.05, 0) is 32.0 Å². The first-order valence-corrected chi connectivity index (χ1v) is 9.20. The number of rotatable bonds is 6. The van der Waals surface area contributed by atoms with E-state index >= 15 is 0 Å². The Labute approximate surface area is 155 Å². The number of hydrogen-bond donors (Lipinski definition) is 3. The molecular weight excluding hydrogens is 356 g/mol. The Morgan fingerprint density at radius 1 is 1.35 bits per heavy atom. The molecule has 2 aromatic heterocycles. The zero-order chi connectivity index (χ0) is 18.6. The second kappa shape index (κ2) is 7.98. The van der Waals surface area contributed by atoms with E-state index in [0.717, 1.165) is 31.5 Å². The van der Waals surface area contributed by atoms with Gasteiger partial charge in [0.15, 0.2) is 5.13 Å². The fourth-order valence-corrected chi connectivity index (χ4v) is 3.80. The van der Waals surface area contributed by atoms with Crippen LogP contribution >= 0.6 is 11.3 Å². The van der Waals surface area contributed by atoms with Crippen molar-refractivity contribution in [3.05, 3.63) is 23.3 Å². The Balaban J connectivity index is 1.72. The number of nitrogens with zero attached hydrogens (tertiary/aromatic N) is 1. The van der Waals surface area contributed by atoms with Crippen LogP contribution in [0.1, 0.15) is 23.3 Å². The van der Waals surface area contributed by atoms with Crippen molar-refractivity contribution in [2.75, 3.05) is 39.2 Å². The van der Waals surface area contributed by atoms with Crippen LogP contribution in [-0.4, -0.2) is 55.8 Å². The lowest BCUT2D eigenvalue weighted by molar-refractivity contribution is -0.130. The Bertz CT molecular complexity index is 774. The fourth-order valence-electron chi connectivity index (χ4n) is 3.08. The van der Waals surface area contributed by atoms with E-state index in [1.807, 2.05) is 5.38 Å². The smallest absolute Gasteiger partial charge is 0.354 e. The maximum absolute atomic E-state index is 12.8. The summed E-state index contributed by atoms with van der Waals surface area (Å²) < 4.78 is 9.98. The zero-order valence-electron chi connectivity index (χ0n) is 14.8. The lowest BCUT2D eigenvalue weighted by atomic mass is 9.79. The van der Waals surface area contributed by atoms with Crippen molar-refractivity contribution in [3.63, 3.8) is 0 Å². The van der Waals surface area contributed by atoms with Gasteiger partial charge in [-0.15, -0.1) is 11.3 Å². The SMILES string of the molecule is COCC1(C(=O)Nc2nc(-c3c[nH]c(C(=O)OC)c3)cs2)CCNCC1. The third kappa shape index (κ3) is 3.79. The molecule has 3 heterocycles. The van der Waals surface area contributed by atoms with Crippen LogP contribution in [0.2, 0.25) is 0 Å². The minimum absolute atomic E-state index is 0.0638. The molecule has 3 rings (SSSR count). The standard InChI is InChI=1S/C17H22N4O4S/c1-24-10-17(3-5-18-6-4-17)15(23)21-16-20-13(9-26-16)11-7-12(19-8-11)14(22)25-2/h7-9,18-19H,3-6,10H2,1-2H3,(H,20,21,23). The van der Waals surface area contributed by atoms with Crippen LogP contribution in [-0.2, 0) is 14.3 Å². The Morgan fingerprint density at radius 3 is 2.81 bits per heavy atom. The van der Waals surface area contributed by atoms with Crippen molar-refractivity contribution < 1.29 is 19.1 Å². The third-order valence-electron chi connectivity index (χ3n) is 4.57. The first-order valence-electron chi connectivity index (χ1n) is 8.32. The van der Waals surface area contributed by atoms with Gasteiger partial charge in [0.25, 0.3) is 0 Å². The molecule has 26 heavy (non-hydrogen) atoms. The number of piperidine rings is 1. The average Bonchev–Trinajstić information content (AvgIpc) is 3.31. The van der Waals surface area contributed by atoms with E-state index in [9.17, 15) is 9.59 Å². The quantitative estimate of drug-likeness (QED) is 0.663. The van der Waals surface area contributed by atoms with Gasteiger partial charge in [-0.25, -0.2) is 9.78 Å². The van der Waals surface area contributed by atoms with Crippen molar-refractivity contribution in [1.29, 1.82) is 0 Å². The van der Waals surface area contributed by atoms with Gasteiger partial charge in [-0.1, -0.05) is 0 Å². The second-order valence-corrected chi connectivity index (χ2v) is 7.11. The summed E-state index contributed by atoms with van der Waals surface area (Å²) in [7, 11) is 2.94. The number of thiazole rings is 1. The molecule has 0 bridgehead atoms. The summed E-state index contributed by atoms with van der Waals surface area (Å²) in [6.45, 7) is 1.97. The molecule has 0 saturated carbocycles. The molecule has 8 nitrogen and oxygen atoms in total. The molecule has 1 saturated heterocycles. The third-order valence-corrected chi connectivity index (χ3v) is 5.33. The summed E-state index contributed by atoms with van der Waals surface area (Å²) in [5.41, 5.74) is 1.27. The number of H-pyrrole nitrogens is 1. The molecule has 140 valence electrons. The van der Waals surface area contributed by atoms with Gasteiger partial charge in [0.05, 0.1) is 24.8 Å². The number of nitrogens with one attached hydrogen (secondary N) is 3. The highest BCUT2D eigenvalue weighted by molar-refractivity contribution is 7.14. The second-order valence-electron chi connectivity index (χ2n) is 6.25. The topological polar surface area (TPSA) is 105 Å². The van der Waals surface area contributed by atoms with E-state index in [2.05, 4.69) is 25.3 Å². The predicted molar refractivity (Wildman–Crippen MR) is 98.3 cm³/mol. The highest BCUT2D eigenvalue weighted by Gasteiger charge is 2.40. The number of anilines is 1. The van der Waals surface area contributed by atoms with Gasteiger partial charge in [0.2, 0.25) is 5.91 Å². The molecule has 0 radical (unpaired) electrons. The first kappa shape index (κ1) is 18.6. The van der Waals surface area contributed by atoms with Gasteiger partial charge >= 0.3 is 5.97 Å². The Hall–Kier alpha value is -2.23. The summed E-state index contributed by atoms with van der Waals surface area (Å²) in [4.78, 5) is 31.7. The molecular formula is C17H22N4O4S. The van der Waals surface area contributed by atoms with Crippen LogP contribution in [0.3, 0.4) is 0 Å². The highest BCUT2D eigenvalue weighted by atomic mass is 32.1. The van der Waals surface area contributed by atoms with Crippen molar-refractivity contribution >= 4 is 28.3 Å². The summed E-state index contributed by atoms with van der Waals surface area (Å²) in [6.07, 6.45) is 3.14. The minimum Gasteiger partial charge on any atom is -0.464 e. The number of methoxy groups -OCH3 is 2. The Kier molecular flexibility index (Phi) is 5.70. The molecule has 1 fully saturated rings. The Morgan fingerprint density at radius 2 is 2.12 bits per heavy atom. The van der Waals surface area contributed by atoms with E-state index in [-0.39, 0.29) is 5.91 Å². The van der Waals surface area contributed by atoms with Gasteiger partial charge < -0.3 is 25.1 Å². The van der Waals surface area contributed by atoms with Crippen molar-refractivity contribution in [1.82, 2.24) is 15.3 Å². The van der Waals surface area contributed by atoms with Crippen LogP contribution in [0.25, 0.3) is 11.3 Å². The van der Waals surface area contributed by atoms with E-state index < -0.39 is 11.4 Å². The normalized spacial score (nSPS) is 16.2. The van der Waals surface area contributed by atoms with Crippen LogP contribution in [0, 0.1) is 5.41 Å². The van der Waals surface area contributed by atoms with E-state index in [4.69, 9.17) is 4.74 Å². The van der Waals surface area contributed by atoms with Crippen molar-refractivity contribution in [2.24, 2.45) is 5.41 Å². The lowest BCUT2D eigenvalue weighted by Gasteiger charge is -2.35. The van der Waals surface area contributed by atoms with Gasteiger partial charge in [0, 0.05) is 24.3 Å². The van der Waals surface area contributed by atoms with E-state index in [1.54, 1.807) is 19.4 Å². The largest absolute Gasteiger partial charge is 0.464 e. The number of aromatic nitrogens is 2. The lowest BCUT2D eigenvalue weighted by Crippen LogP contribution is -2.47. The number of hydrogen-bond acceptors (Lipinski definition) is 7. The number of esters is 1. The molecule has 1 aliphatic heterocycles. The summed E-state index contributed by atoms with van der Waals surface area (Å²) >= 11 is 1.35. The van der Waals surface area contributed by atoms with E-state index in [1.165, 1.54) is 18.4 Å². The van der Waals surface area contributed by atoms with Gasteiger partial charge in [-0.2, -0.15) is 0 Å². The highest BCUT2D eigenvalue weighted by Crippen LogP contribution is 2.32. The summed E-state index contributed by atoms with van der Waals surface area (Å²) in [5, 5.41) is 8.56. The van der Waals surface area contributed by atoms with Crippen molar-refractivity contribution in [2.45, 2.75) is 12.8 Å². The predicted octanol–water partition coefficient (Wildman–Crippen LogP) is 1.88. The number of aromatic amines is 1. The summed E-state index contributed by atoms with van der Waals surface area (Å²) in [6, 6.07) is 1.67. The monoisotopic (exact) mass is 378 g/mol. The van der Waals surface area contributed by atoms with Gasteiger partial charge in [0.1, 0.15) is 5.69 Å². The van der Waals surface area contributed by atoms with E-state index in [0.29, 0.717) is 23.1 Å². The summed E-state index contributed by atoms with van der Waals surface area (Å²) in [5.74, 6) is -0.501. The first-order chi connectivity index (χ1) is 12.6.